The van der Waals surface area contributed by atoms with Gasteiger partial charge in [0, 0.05) is 25.2 Å². The molecule has 2 rings (SSSR count). The second kappa shape index (κ2) is 10.9. The molecule has 0 aliphatic heterocycles. The van der Waals surface area contributed by atoms with E-state index in [2.05, 4.69) is 13.8 Å². The van der Waals surface area contributed by atoms with Gasteiger partial charge in [-0.1, -0.05) is 32.0 Å². The summed E-state index contributed by atoms with van der Waals surface area (Å²) in [5, 5.41) is 38.4. The molecule has 0 unspecified atom stereocenters. The SMILES string of the molecule is CC/C(=C(\CC)c1ccc(O)c(CN(CCO)CCO)c1)c1ccc(O)cc1. The van der Waals surface area contributed by atoms with Gasteiger partial charge in [0.25, 0.3) is 0 Å². The van der Waals surface area contributed by atoms with Crippen LogP contribution in [0, 0.1) is 0 Å². The maximum absolute atomic E-state index is 10.3. The summed E-state index contributed by atoms with van der Waals surface area (Å²) >= 11 is 0. The van der Waals surface area contributed by atoms with Gasteiger partial charge in [-0.05, 0) is 59.4 Å². The molecule has 0 aliphatic rings. The van der Waals surface area contributed by atoms with Crippen molar-refractivity contribution in [3.05, 3.63) is 59.2 Å². The Bertz CT molecular complexity index is 778. The highest BCUT2D eigenvalue weighted by molar-refractivity contribution is 5.91. The fourth-order valence-corrected chi connectivity index (χ4v) is 3.54. The first-order valence-electron chi connectivity index (χ1n) is 9.81. The van der Waals surface area contributed by atoms with Gasteiger partial charge in [-0.3, -0.25) is 4.90 Å². The van der Waals surface area contributed by atoms with Crippen molar-refractivity contribution in [2.24, 2.45) is 0 Å². The molecule has 2 aromatic rings. The minimum atomic E-state index is 0.00139. The molecule has 0 atom stereocenters. The van der Waals surface area contributed by atoms with E-state index in [1.54, 1.807) is 18.2 Å². The van der Waals surface area contributed by atoms with E-state index < -0.39 is 0 Å². The number of benzene rings is 2. The van der Waals surface area contributed by atoms with Crippen molar-refractivity contribution in [2.45, 2.75) is 33.2 Å². The van der Waals surface area contributed by atoms with E-state index in [9.17, 15) is 20.4 Å². The highest BCUT2D eigenvalue weighted by atomic mass is 16.3. The van der Waals surface area contributed by atoms with E-state index in [-0.39, 0.29) is 24.7 Å². The summed E-state index contributed by atoms with van der Waals surface area (Å²) in [4.78, 5) is 1.91. The van der Waals surface area contributed by atoms with Crippen LogP contribution >= 0.6 is 0 Å². The zero-order valence-electron chi connectivity index (χ0n) is 16.7. The maximum atomic E-state index is 10.3. The largest absolute Gasteiger partial charge is 0.508 e. The fraction of sp³-hybridized carbons (Fsp3) is 0.391. The molecule has 0 fully saturated rings. The Morgan fingerprint density at radius 1 is 0.786 bits per heavy atom. The van der Waals surface area contributed by atoms with Gasteiger partial charge in [-0.2, -0.15) is 0 Å². The molecule has 0 radical (unpaired) electrons. The molecule has 152 valence electrons. The summed E-state index contributed by atoms with van der Waals surface area (Å²) in [5.41, 5.74) is 5.31. The molecule has 0 spiro atoms. The molecule has 0 amide bonds. The lowest BCUT2D eigenvalue weighted by molar-refractivity contribution is 0.155. The normalized spacial score (nSPS) is 12.3. The molecule has 0 saturated carbocycles. The third-order valence-electron chi connectivity index (χ3n) is 4.94. The maximum Gasteiger partial charge on any atom is 0.120 e. The van der Waals surface area contributed by atoms with Crippen LogP contribution < -0.4 is 0 Å². The van der Waals surface area contributed by atoms with Crippen LogP contribution in [0.3, 0.4) is 0 Å². The van der Waals surface area contributed by atoms with Crippen LogP contribution in [-0.4, -0.2) is 51.6 Å². The summed E-state index contributed by atoms with van der Waals surface area (Å²) in [6.07, 6.45) is 1.69. The molecule has 0 aliphatic carbocycles. The Labute approximate surface area is 167 Å². The van der Waals surface area contributed by atoms with E-state index >= 15 is 0 Å². The third-order valence-corrected chi connectivity index (χ3v) is 4.94. The zero-order valence-corrected chi connectivity index (χ0v) is 16.7. The number of aliphatic hydroxyl groups is 2. The van der Waals surface area contributed by atoms with Gasteiger partial charge in [0.15, 0.2) is 0 Å². The number of aromatic hydroxyl groups is 2. The van der Waals surface area contributed by atoms with Gasteiger partial charge in [-0.25, -0.2) is 0 Å². The van der Waals surface area contributed by atoms with Crippen molar-refractivity contribution in [1.29, 1.82) is 0 Å². The molecular formula is C23H31NO4. The van der Waals surface area contributed by atoms with Crippen LogP contribution in [0.25, 0.3) is 11.1 Å². The van der Waals surface area contributed by atoms with Crippen molar-refractivity contribution in [2.75, 3.05) is 26.3 Å². The number of allylic oxidation sites excluding steroid dienone is 2. The third kappa shape index (κ3) is 5.58. The molecule has 28 heavy (non-hydrogen) atoms. The lowest BCUT2D eigenvalue weighted by Gasteiger charge is -2.22. The number of phenols is 2. The van der Waals surface area contributed by atoms with Crippen LogP contribution in [0.15, 0.2) is 42.5 Å². The molecular weight excluding hydrogens is 354 g/mol. The van der Waals surface area contributed by atoms with E-state index in [4.69, 9.17) is 0 Å². The van der Waals surface area contributed by atoms with Gasteiger partial charge < -0.3 is 20.4 Å². The highest BCUT2D eigenvalue weighted by Crippen LogP contribution is 2.34. The molecule has 5 heteroatoms. The monoisotopic (exact) mass is 385 g/mol. The minimum Gasteiger partial charge on any atom is -0.508 e. The smallest absolute Gasteiger partial charge is 0.120 e. The van der Waals surface area contributed by atoms with Crippen molar-refractivity contribution < 1.29 is 20.4 Å². The number of nitrogens with zero attached hydrogens (tertiary/aromatic N) is 1. The molecule has 2 aromatic carbocycles. The Kier molecular flexibility index (Phi) is 8.51. The second-order valence-corrected chi connectivity index (χ2v) is 6.78. The van der Waals surface area contributed by atoms with Gasteiger partial charge >= 0.3 is 0 Å². The summed E-state index contributed by atoms with van der Waals surface area (Å²) in [7, 11) is 0. The van der Waals surface area contributed by atoms with E-state index in [0.717, 1.165) is 29.5 Å². The summed E-state index contributed by atoms with van der Waals surface area (Å²) in [5.74, 6) is 0.458. The van der Waals surface area contributed by atoms with Gasteiger partial charge in [-0.15, -0.1) is 0 Å². The number of rotatable bonds is 10. The van der Waals surface area contributed by atoms with Gasteiger partial charge in [0.1, 0.15) is 11.5 Å². The topological polar surface area (TPSA) is 84.2 Å². The van der Waals surface area contributed by atoms with Crippen molar-refractivity contribution in [1.82, 2.24) is 4.90 Å². The molecule has 0 saturated heterocycles. The Morgan fingerprint density at radius 3 is 1.86 bits per heavy atom. The van der Waals surface area contributed by atoms with E-state index in [1.165, 1.54) is 11.1 Å². The molecule has 4 N–H and O–H groups in total. The van der Waals surface area contributed by atoms with Crippen LogP contribution in [0.1, 0.15) is 43.4 Å². The van der Waals surface area contributed by atoms with E-state index in [0.29, 0.717) is 19.6 Å². The van der Waals surface area contributed by atoms with Crippen LogP contribution in [0.5, 0.6) is 11.5 Å². The van der Waals surface area contributed by atoms with Crippen molar-refractivity contribution in [3.63, 3.8) is 0 Å². The predicted octanol–water partition coefficient (Wildman–Crippen LogP) is 3.62. The minimum absolute atomic E-state index is 0.00139. The van der Waals surface area contributed by atoms with Gasteiger partial charge in [0.2, 0.25) is 0 Å². The standard InChI is InChI=1S/C23H31NO4/c1-3-21(17-5-8-20(27)9-6-17)22(4-2)18-7-10-23(28)19(15-18)16-24(11-13-25)12-14-26/h5-10,15,25-28H,3-4,11-14,16H2,1-2H3/b22-21-. The predicted molar refractivity (Wildman–Crippen MR) is 113 cm³/mol. The van der Waals surface area contributed by atoms with Crippen LogP contribution in [0.4, 0.5) is 0 Å². The molecule has 0 aromatic heterocycles. The number of aliphatic hydroxyl groups excluding tert-OH is 2. The van der Waals surface area contributed by atoms with Crippen LogP contribution in [0.2, 0.25) is 0 Å². The Balaban J connectivity index is 2.44. The van der Waals surface area contributed by atoms with Crippen molar-refractivity contribution in [3.8, 4) is 11.5 Å². The number of hydrogen-bond acceptors (Lipinski definition) is 5. The second-order valence-electron chi connectivity index (χ2n) is 6.78. The molecule has 0 heterocycles. The van der Waals surface area contributed by atoms with E-state index in [1.807, 2.05) is 29.2 Å². The average Bonchev–Trinajstić information content (AvgIpc) is 2.69. The molecule has 5 nitrogen and oxygen atoms in total. The lowest BCUT2D eigenvalue weighted by atomic mass is 9.90. The first-order chi connectivity index (χ1) is 13.5. The number of phenolic OH excluding ortho intramolecular Hbond substituents is 2. The first-order valence-corrected chi connectivity index (χ1v) is 9.81. The highest BCUT2D eigenvalue weighted by Gasteiger charge is 2.13. The quantitative estimate of drug-likeness (QED) is 0.470. The van der Waals surface area contributed by atoms with Crippen LogP contribution in [-0.2, 0) is 6.54 Å². The summed E-state index contributed by atoms with van der Waals surface area (Å²) in [6, 6.07) is 12.9. The van der Waals surface area contributed by atoms with Gasteiger partial charge in [0.05, 0.1) is 13.2 Å². The Morgan fingerprint density at radius 2 is 1.32 bits per heavy atom. The average molecular weight is 386 g/mol. The Hall–Kier alpha value is -2.34. The lowest BCUT2D eigenvalue weighted by Crippen LogP contribution is -2.29. The zero-order chi connectivity index (χ0) is 20.5. The number of hydrogen-bond donors (Lipinski definition) is 4. The fourth-order valence-electron chi connectivity index (χ4n) is 3.54. The molecule has 0 bridgehead atoms. The summed E-state index contributed by atoms with van der Waals surface area (Å²) < 4.78 is 0. The van der Waals surface area contributed by atoms with Crippen molar-refractivity contribution >= 4 is 11.1 Å². The summed E-state index contributed by atoms with van der Waals surface area (Å²) in [6.45, 7) is 5.56. The first kappa shape index (κ1) is 22.0.